The topological polar surface area (TPSA) is 64.0 Å². The van der Waals surface area contributed by atoms with Gasteiger partial charge in [-0.1, -0.05) is 0 Å². The first-order chi connectivity index (χ1) is 6.90. The molecule has 0 unspecified atom stereocenters. The van der Waals surface area contributed by atoms with Gasteiger partial charge in [0, 0.05) is 37.7 Å². The summed E-state index contributed by atoms with van der Waals surface area (Å²) in [5.74, 6) is 0.173. The highest BCUT2D eigenvalue weighted by Crippen LogP contribution is 2.04. The average molecular weight is 231 g/mol. The average Bonchev–Trinajstić information content (AvgIpc) is 2.42. The Balaban J connectivity index is 2.36. The van der Waals surface area contributed by atoms with E-state index in [9.17, 15) is 8.42 Å². The van der Waals surface area contributed by atoms with E-state index in [2.05, 4.69) is 10.4 Å². The minimum Gasteiger partial charge on any atom is -0.312 e. The van der Waals surface area contributed by atoms with Crippen molar-refractivity contribution in [1.29, 1.82) is 0 Å². The summed E-state index contributed by atoms with van der Waals surface area (Å²) in [4.78, 5) is 0. The van der Waals surface area contributed by atoms with E-state index in [1.54, 1.807) is 10.9 Å². The molecule has 1 heterocycles. The molecule has 5 nitrogen and oxygen atoms in total. The van der Waals surface area contributed by atoms with Gasteiger partial charge in [0.2, 0.25) is 0 Å². The van der Waals surface area contributed by atoms with Crippen LogP contribution in [0.4, 0.5) is 0 Å². The molecule has 6 heteroatoms. The maximum Gasteiger partial charge on any atom is 0.148 e. The summed E-state index contributed by atoms with van der Waals surface area (Å²) in [5, 5.41) is 7.18. The van der Waals surface area contributed by atoms with Crippen molar-refractivity contribution in [2.24, 2.45) is 7.05 Å². The molecular weight excluding hydrogens is 214 g/mol. The molecule has 0 saturated heterocycles. The number of hydrogen-bond acceptors (Lipinski definition) is 4. The van der Waals surface area contributed by atoms with Gasteiger partial charge >= 0.3 is 0 Å². The van der Waals surface area contributed by atoms with Gasteiger partial charge in [-0.15, -0.1) is 0 Å². The first kappa shape index (κ1) is 12.2. The molecule has 0 bridgehead atoms. The maximum atomic E-state index is 10.9. The molecule has 0 aliphatic rings. The van der Waals surface area contributed by atoms with Crippen LogP contribution in [0.1, 0.15) is 11.3 Å². The third-order valence-electron chi connectivity index (χ3n) is 2.30. The van der Waals surface area contributed by atoms with E-state index in [1.165, 1.54) is 6.26 Å². The monoisotopic (exact) mass is 231 g/mol. The highest BCUT2D eigenvalue weighted by Gasteiger charge is 2.04. The highest BCUT2D eigenvalue weighted by molar-refractivity contribution is 7.90. The SMILES string of the molecule is Cc1c(CNCCS(C)(=O)=O)cnn1C. The summed E-state index contributed by atoms with van der Waals surface area (Å²) in [7, 11) is -0.983. The molecule has 0 atom stereocenters. The number of nitrogens with one attached hydrogen (secondary N) is 1. The van der Waals surface area contributed by atoms with Crippen molar-refractivity contribution in [3.63, 3.8) is 0 Å². The van der Waals surface area contributed by atoms with Gasteiger partial charge in [-0.3, -0.25) is 4.68 Å². The molecule has 0 amide bonds. The molecule has 86 valence electrons. The van der Waals surface area contributed by atoms with Crippen molar-refractivity contribution in [2.45, 2.75) is 13.5 Å². The first-order valence-electron chi connectivity index (χ1n) is 4.76. The second-order valence-electron chi connectivity index (χ2n) is 3.69. The van der Waals surface area contributed by atoms with Crippen LogP contribution >= 0.6 is 0 Å². The number of sulfone groups is 1. The van der Waals surface area contributed by atoms with Crippen molar-refractivity contribution in [2.75, 3.05) is 18.6 Å². The Morgan fingerprint density at radius 2 is 2.20 bits per heavy atom. The van der Waals surface area contributed by atoms with E-state index in [1.807, 2.05) is 14.0 Å². The van der Waals surface area contributed by atoms with Crippen molar-refractivity contribution in [3.05, 3.63) is 17.5 Å². The van der Waals surface area contributed by atoms with E-state index in [4.69, 9.17) is 0 Å². The van der Waals surface area contributed by atoms with Crippen LogP contribution in [0.5, 0.6) is 0 Å². The van der Waals surface area contributed by atoms with Crippen LogP contribution in [0, 0.1) is 6.92 Å². The Labute approximate surface area is 90.4 Å². The number of rotatable bonds is 5. The summed E-state index contributed by atoms with van der Waals surface area (Å²) in [6, 6.07) is 0. The lowest BCUT2D eigenvalue weighted by atomic mass is 10.2. The molecule has 0 aliphatic heterocycles. The number of aryl methyl sites for hydroxylation is 1. The van der Waals surface area contributed by atoms with Crippen LogP contribution in [-0.2, 0) is 23.4 Å². The fourth-order valence-corrected chi connectivity index (χ4v) is 1.71. The van der Waals surface area contributed by atoms with Crippen molar-refractivity contribution >= 4 is 9.84 Å². The zero-order valence-electron chi connectivity index (χ0n) is 9.32. The van der Waals surface area contributed by atoms with Crippen molar-refractivity contribution in [1.82, 2.24) is 15.1 Å². The number of nitrogens with zero attached hydrogens (tertiary/aromatic N) is 2. The fraction of sp³-hybridized carbons (Fsp3) is 0.667. The second kappa shape index (κ2) is 4.76. The van der Waals surface area contributed by atoms with Gasteiger partial charge < -0.3 is 5.32 Å². The summed E-state index contributed by atoms with van der Waals surface area (Å²) >= 11 is 0. The molecule has 0 aromatic carbocycles. The predicted molar refractivity (Wildman–Crippen MR) is 59.4 cm³/mol. The third kappa shape index (κ3) is 4.01. The van der Waals surface area contributed by atoms with E-state index in [-0.39, 0.29) is 5.75 Å². The standard InChI is InChI=1S/C9H17N3O2S/c1-8-9(7-11-12(8)2)6-10-4-5-15(3,13)14/h7,10H,4-6H2,1-3H3. The van der Waals surface area contributed by atoms with Gasteiger partial charge in [-0.25, -0.2) is 8.42 Å². The van der Waals surface area contributed by atoms with Gasteiger partial charge in [0.05, 0.1) is 11.9 Å². The smallest absolute Gasteiger partial charge is 0.148 e. The first-order valence-corrected chi connectivity index (χ1v) is 6.82. The fourth-order valence-electron chi connectivity index (χ4n) is 1.20. The Kier molecular flexibility index (Phi) is 3.87. The van der Waals surface area contributed by atoms with Gasteiger partial charge in [0.1, 0.15) is 9.84 Å². The molecule has 1 aromatic heterocycles. The van der Waals surface area contributed by atoms with E-state index in [0.29, 0.717) is 13.1 Å². The van der Waals surface area contributed by atoms with Crippen LogP contribution in [-0.4, -0.2) is 36.8 Å². The quantitative estimate of drug-likeness (QED) is 0.717. The summed E-state index contributed by atoms with van der Waals surface area (Å²) in [5.41, 5.74) is 2.20. The maximum absolute atomic E-state index is 10.9. The molecule has 1 N–H and O–H groups in total. The molecule has 0 aliphatic carbocycles. The minimum absolute atomic E-state index is 0.173. The molecule has 0 saturated carbocycles. The number of hydrogen-bond donors (Lipinski definition) is 1. The molecule has 15 heavy (non-hydrogen) atoms. The Morgan fingerprint density at radius 3 is 2.67 bits per heavy atom. The normalized spacial score (nSPS) is 11.9. The highest BCUT2D eigenvalue weighted by atomic mass is 32.2. The zero-order chi connectivity index (χ0) is 11.5. The Hall–Kier alpha value is -0.880. The summed E-state index contributed by atoms with van der Waals surface area (Å²) in [6.45, 7) is 3.13. The zero-order valence-corrected chi connectivity index (χ0v) is 10.1. The number of aromatic nitrogens is 2. The van der Waals surface area contributed by atoms with Crippen LogP contribution < -0.4 is 5.32 Å². The van der Waals surface area contributed by atoms with Crippen LogP contribution in [0.3, 0.4) is 0 Å². The summed E-state index contributed by atoms with van der Waals surface area (Å²) in [6.07, 6.45) is 3.03. The lowest BCUT2D eigenvalue weighted by Crippen LogP contribution is -2.22. The lowest BCUT2D eigenvalue weighted by Gasteiger charge is -2.03. The second-order valence-corrected chi connectivity index (χ2v) is 5.95. The lowest BCUT2D eigenvalue weighted by molar-refractivity contribution is 0.596. The van der Waals surface area contributed by atoms with E-state index in [0.717, 1.165) is 11.3 Å². The Morgan fingerprint density at radius 1 is 1.53 bits per heavy atom. The summed E-state index contributed by atoms with van der Waals surface area (Å²) < 4.78 is 23.5. The molecule has 0 fully saturated rings. The molecule has 1 aromatic rings. The predicted octanol–water partition coefficient (Wildman–Crippen LogP) is -0.137. The van der Waals surface area contributed by atoms with Crippen molar-refractivity contribution < 1.29 is 8.42 Å². The third-order valence-corrected chi connectivity index (χ3v) is 3.25. The molecule has 1 rings (SSSR count). The molecule has 0 spiro atoms. The van der Waals surface area contributed by atoms with Crippen LogP contribution in [0.25, 0.3) is 0 Å². The van der Waals surface area contributed by atoms with Gasteiger partial charge in [-0.05, 0) is 6.92 Å². The van der Waals surface area contributed by atoms with Gasteiger partial charge in [0.25, 0.3) is 0 Å². The van der Waals surface area contributed by atoms with Gasteiger partial charge in [0.15, 0.2) is 0 Å². The van der Waals surface area contributed by atoms with Crippen molar-refractivity contribution in [3.8, 4) is 0 Å². The Bertz CT molecular complexity index is 423. The van der Waals surface area contributed by atoms with E-state index >= 15 is 0 Å². The molecular formula is C9H17N3O2S. The minimum atomic E-state index is -2.87. The van der Waals surface area contributed by atoms with E-state index < -0.39 is 9.84 Å². The van der Waals surface area contributed by atoms with Crippen LogP contribution in [0.15, 0.2) is 6.20 Å². The molecule has 0 radical (unpaired) electrons. The van der Waals surface area contributed by atoms with Gasteiger partial charge in [-0.2, -0.15) is 5.10 Å². The largest absolute Gasteiger partial charge is 0.312 e. The van der Waals surface area contributed by atoms with Crippen LogP contribution in [0.2, 0.25) is 0 Å².